The number of hydrogen-bond acceptors (Lipinski definition) is 2. The van der Waals surface area contributed by atoms with Crippen molar-refractivity contribution >= 4 is 11.6 Å². The van der Waals surface area contributed by atoms with E-state index in [0.29, 0.717) is 18.7 Å². The molecule has 1 spiro atoms. The lowest BCUT2D eigenvalue weighted by molar-refractivity contribution is -0.139. The standard InChI is InChI=1S/C15H17F3N2O/c16-10-2-1-3-12(6-10)20-5-4-14(13(20)21)7-11(19)8-15(17,18)9-14/h1-3,6,11H,4-5,7-9,19H2/t11-,14?/m0/s1. The fraction of sp³-hybridized carbons (Fsp3) is 0.533. The van der Waals surface area contributed by atoms with Gasteiger partial charge < -0.3 is 10.6 Å². The average molecular weight is 298 g/mol. The van der Waals surface area contributed by atoms with Crippen molar-refractivity contribution in [2.45, 2.75) is 37.6 Å². The summed E-state index contributed by atoms with van der Waals surface area (Å²) in [6, 6.07) is 4.97. The summed E-state index contributed by atoms with van der Waals surface area (Å²) in [5.74, 6) is -3.72. The third kappa shape index (κ3) is 2.52. The Morgan fingerprint density at radius 2 is 2.05 bits per heavy atom. The van der Waals surface area contributed by atoms with Gasteiger partial charge in [-0.2, -0.15) is 0 Å². The third-order valence-electron chi connectivity index (χ3n) is 4.44. The van der Waals surface area contributed by atoms with Crippen LogP contribution in [0.5, 0.6) is 0 Å². The molecule has 1 unspecified atom stereocenters. The molecule has 1 aromatic carbocycles. The molecular formula is C15H17F3N2O. The molecule has 1 aromatic rings. The second-order valence-corrected chi connectivity index (χ2v) is 6.17. The van der Waals surface area contributed by atoms with Gasteiger partial charge in [0.2, 0.25) is 5.91 Å². The smallest absolute Gasteiger partial charge is 0.250 e. The molecule has 0 radical (unpaired) electrons. The Bertz CT molecular complexity index is 578. The predicted molar refractivity (Wildman–Crippen MR) is 72.6 cm³/mol. The minimum absolute atomic E-state index is 0.271. The van der Waals surface area contributed by atoms with Crippen LogP contribution in [0.25, 0.3) is 0 Å². The Kier molecular flexibility index (Phi) is 3.24. The molecule has 21 heavy (non-hydrogen) atoms. The van der Waals surface area contributed by atoms with E-state index in [9.17, 15) is 18.0 Å². The van der Waals surface area contributed by atoms with Gasteiger partial charge in [-0.1, -0.05) is 6.07 Å². The molecule has 1 aliphatic heterocycles. The highest BCUT2D eigenvalue weighted by Crippen LogP contribution is 2.50. The number of nitrogens with zero attached hydrogens (tertiary/aromatic N) is 1. The van der Waals surface area contributed by atoms with Gasteiger partial charge >= 0.3 is 0 Å². The highest BCUT2D eigenvalue weighted by molar-refractivity contribution is 6.00. The van der Waals surface area contributed by atoms with Gasteiger partial charge in [0.25, 0.3) is 5.92 Å². The quantitative estimate of drug-likeness (QED) is 0.866. The molecule has 0 bridgehead atoms. The Morgan fingerprint density at radius 1 is 1.29 bits per heavy atom. The Labute approximate surface area is 120 Å². The fourth-order valence-electron chi connectivity index (χ4n) is 3.66. The molecule has 1 heterocycles. The van der Waals surface area contributed by atoms with E-state index < -0.39 is 29.6 Å². The van der Waals surface area contributed by atoms with E-state index in [-0.39, 0.29) is 18.7 Å². The number of hydrogen-bond donors (Lipinski definition) is 1. The maximum Gasteiger partial charge on any atom is 0.250 e. The van der Waals surface area contributed by atoms with Gasteiger partial charge in [-0.05, 0) is 31.0 Å². The van der Waals surface area contributed by atoms with Gasteiger partial charge in [0, 0.05) is 31.1 Å². The van der Waals surface area contributed by atoms with E-state index >= 15 is 0 Å². The second-order valence-electron chi connectivity index (χ2n) is 6.17. The molecule has 1 aliphatic carbocycles. The molecule has 3 nitrogen and oxygen atoms in total. The van der Waals surface area contributed by atoms with E-state index in [1.165, 1.54) is 23.1 Å². The maximum absolute atomic E-state index is 13.8. The maximum atomic E-state index is 13.8. The van der Waals surface area contributed by atoms with Crippen LogP contribution in [0.3, 0.4) is 0 Å². The first-order chi connectivity index (χ1) is 9.81. The highest BCUT2D eigenvalue weighted by Gasteiger charge is 2.56. The molecular weight excluding hydrogens is 281 g/mol. The number of carbonyl (C=O) groups is 1. The van der Waals surface area contributed by atoms with E-state index in [0.717, 1.165) is 0 Å². The zero-order chi connectivity index (χ0) is 15.3. The lowest BCUT2D eigenvalue weighted by Crippen LogP contribution is -2.49. The summed E-state index contributed by atoms with van der Waals surface area (Å²) in [7, 11) is 0. The van der Waals surface area contributed by atoms with E-state index in [4.69, 9.17) is 5.73 Å². The van der Waals surface area contributed by atoms with Crippen molar-refractivity contribution in [3.8, 4) is 0 Å². The van der Waals surface area contributed by atoms with Gasteiger partial charge in [-0.15, -0.1) is 0 Å². The third-order valence-corrected chi connectivity index (χ3v) is 4.44. The van der Waals surface area contributed by atoms with Crippen LogP contribution in [-0.2, 0) is 4.79 Å². The number of benzene rings is 1. The zero-order valence-electron chi connectivity index (χ0n) is 11.5. The molecule has 6 heteroatoms. The lowest BCUT2D eigenvalue weighted by atomic mass is 9.69. The molecule has 1 amide bonds. The Balaban J connectivity index is 1.89. The first kappa shape index (κ1) is 14.4. The first-order valence-electron chi connectivity index (χ1n) is 7.02. The van der Waals surface area contributed by atoms with Gasteiger partial charge in [-0.25, -0.2) is 13.2 Å². The van der Waals surface area contributed by atoms with Crippen LogP contribution >= 0.6 is 0 Å². The zero-order valence-corrected chi connectivity index (χ0v) is 11.5. The van der Waals surface area contributed by atoms with Crippen LogP contribution in [0.4, 0.5) is 18.9 Å². The Morgan fingerprint density at radius 3 is 2.71 bits per heavy atom. The van der Waals surface area contributed by atoms with Crippen molar-refractivity contribution in [1.29, 1.82) is 0 Å². The van der Waals surface area contributed by atoms with Crippen molar-refractivity contribution in [2.24, 2.45) is 11.1 Å². The van der Waals surface area contributed by atoms with E-state index in [1.54, 1.807) is 6.07 Å². The van der Waals surface area contributed by atoms with Crippen molar-refractivity contribution in [1.82, 2.24) is 0 Å². The van der Waals surface area contributed by atoms with Crippen LogP contribution in [-0.4, -0.2) is 24.4 Å². The van der Waals surface area contributed by atoms with Crippen LogP contribution in [0.1, 0.15) is 25.7 Å². The molecule has 2 aliphatic rings. The van der Waals surface area contributed by atoms with Gasteiger partial charge in [0.1, 0.15) is 5.82 Å². The molecule has 1 saturated heterocycles. The summed E-state index contributed by atoms with van der Waals surface area (Å²) >= 11 is 0. The normalized spacial score (nSPS) is 31.9. The second kappa shape index (κ2) is 4.73. The van der Waals surface area contributed by atoms with Crippen molar-refractivity contribution in [3.63, 3.8) is 0 Å². The SMILES string of the molecule is N[C@@H]1CC(F)(F)CC2(CCN(c3cccc(F)c3)C2=O)C1. The van der Waals surface area contributed by atoms with Crippen molar-refractivity contribution in [2.75, 3.05) is 11.4 Å². The van der Waals surface area contributed by atoms with Gasteiger partial charge in [-0.3, -0.25) is 4.79 Å². The molecule has 0 aromatic heterocycles. The van der Waals surface area contributed by atoms with Crippen LogP contribution in [0.2, 0.25) is 0 Å². The molecule has 2 N–H and O–H groups in total. The van der Waals surface area contributed by atoms with E-state index in [2.05, 4.69) is 0 Å². The first-order valence-corrected chi connectivity index (χ1v) is 7.02. The molecule has 3 rings (SSSR count). The average Bonchev–Trinajstić information content (AvgIpc) is 2.64. The number of alkyl halides is 2. The van der Waals surface area contributed by atoms with Gasteiger partial charge in [0.05, 0.1) is 5.41 Å². The minimum Gasteiger partial charge on any atom is -0.327 e. The van der Waals surface area contributed by atoms with Crippen molar-refractivity contribution in [3.05, 3.63) is 30.1 Å². The van der Waals surface area contributed by atoms with Crippen LogP contribution in [0, 0.1) is 11.2 Å². The largest absolute Gasteiger partial charge is 0.327 e. The minimum atomic E-state index is -2.91. The van der Waals surface area contributed by atoms with Crippen molar-refractivity contribution < 1.29 is 18.0 Å². The molecule has 2 fully saturated rings. The van der Waals surface area contributed by atoms with Crippen LogP contribution in [0.15, 0.2) is 24.3 Å². The number of carbonyl (C=O) groups excluding carboxylic acids is 1. The summed E-state index contributed by atoms with van der Waals surface area (Å²) < 4.78 is 40.9. The summed E-state index contributed by atoms with van der Waals surface area (Å²) in [6.07, 6.45) is -0.223. The Hall–Kier alpha value is -1.56. The molecule has 2 atom stereocenters. The molecule has 114 valence electrons. The van der Waals surface area contributed by atoms with E-state index in [1.807, 2.05) is 0 Å². The fourth-order valence-corrected chi connectivity index (χ4v) is 3.66. The number of halogens is 3. The molecule has 1 saturated carbocycles. The summed E-state index contributed by atoms with van der Waals surface area (Å²) in [5, 5.41) is 0. The van der Waals surface area contributed by atoms with Crippen LogP contribution < -0.4 is 10.6 Å². The lowest BCUT2D eigenvalue weighted by Gasteiger charge is -2.39. The topological polar surface area (TPSA) is 46.3 Å². The summed E-state index contributed by atoms with van der Waals surface area (Å²) in [5.41, 5.74) is 5.04. The monoisotopic (exact) mass is 298 g/mol. The highest BCUT2D eigenvalue weighted by atomic mass is 19.3. The number of nitrogens with two attached hydrogens (primary N) is 1. The number of anilines is 1. The summed E-state index contributed by atoms with van der Waals surface area (Å²) in [6.45, 7) is 0.324. The summed E-state index contributed by atoms with van der Waals surface area (Å²) in [4.78, 5) is 14.0. The number of amides is 1. The predicted octanol–water partition coefficient (Wildman–Crippen LogP) is 2.70. The van der Waals surface area contributed by atoms with Gasteiger partial charge in [0.15, 0.2) is 0 Å². The number of rotatable bonds is 1.